The van der Waals surface area contributed by atoms with Crippen molar-refractivity contribution in [3.8, 4) is 0 Å². The number of nitrogens with zero attached hydrogens (tertiary/aromatic N) is 2. The molecule has 19 heavy (non-hydrogen) atoms. The van der Waals surface area contributed by atoms with Gasteiger partial charge in [0.2, 0.25) is 0 Å². The lowest BCUT2D eigenvalue weighted by atomic mass is 9.85. The normalized spacial score (nSPS) is 31.9. The minimum Gasteiger partial charge on any atom is -0.481 e. The summed E-state index contributed by atoms with van der Waals surface area (Å²) in [5.41, 5.74) is 0. The van der Waals surface area contributed by atoms with E-state index in [0.29, 0.717) is 18.9 Å². The molecule has 0 radical (unpaired) electrons. The van der Waals surface area contributed by atoms with Gasteiger partial charge in [0.1, 0.15) is 0 Å². The summed E-state index contributed by atoms with van der Waals surface area (Å²) in [4.78, 5) is 27.0. The molecule has 108 valence electrons. The molecule has 1 aliphatic heterocycles. The van der Waals surface area contributed by atoms with Crippen molar-refractivity contribution in [1.29, 1.82) is 0 Å². The highest BCUT2D eigenvalue weighted by atomic mass is 16.4. The first kappa shape index (κ1) is 14.2. The SMILES string of the molecule is CCCC1CN(C2CCC(C(=O)O)CC2)C(=O)N1C. The molecule has 0 aromatic rings. The van der Waals surface area contributed by atoms with Crippen molar-refractivity contribution in [2.24, 2.45) is 5.92 Å². The largest absolute Gasteiger partial charge is 0.481 e. The number of carboxylic acids is 1. The first-order chi connectivity index (χ1) is 9.04. The van der Waals surface area contributed by atoms with Crippen LogP contribution in [0.15, 0.2) is 0 Å². The number of carbonyl (C=O) groups is 2. The number of hydrogen-bond donors (Lipinski definition) is 1. The standard InChI is InChI=1S/C14H24N2O3/c1-3-4-12-9-16(14(19)15(12)2)11-7-5-10(6-8-11)13(17)18/h10-12H,3-9H2,1-2H3,(H,17,18). The molecule has 1 atom stereocenters. The van der Waals surface area contributed by atoms with Gasteiger partial charge in [-0.1, -0.05) is 13.3 Å². The molecule has 5 heteroatoms. The van der Waals surface area contributed by atoms with Gasteiger partial charge in [-0.15, -0.1) is 0 Å². The van der Waals surface area contributed by atoms with Gasteiger partial charge >= 0.3 is 12.0 Å². The van der Waals surface area contributed by atoms with E-state index in [1.165, 1.54) is 0 Å². The Bertz CT molecular complexity index is 351. The summed E-state index contributed by atoms with van der Waals surface area (Å²) in [5.74, 6) is -0.898. The highest BCUT2D eigenvalue weighted by Gasteiger charge is 2.39. The molecule has 1 unspecified atom stereocenters. The van der Waals surface area contributed by atoms with Gasteiger partial charge < -0.3 is 14.9 Å². The molecule has 1 aliphatic carbocycles. The van der Waals surface area contributed by atoms with Crippen LogP contribution in [0.4, 0.5) is 4.79 Å². The van der Waals surface area contributed by atoms with E-state index < -0.39 is 5.97 Å². The van der Waals surface area contributed by atoms with Gasteiger partial charge in [-0.25, -0.2) is 4.79 Å². The predicted octanol–water partition coefficient (Wildman–Crippen LogP) is 2.17. The second-order valence-corrected chi connectivity index (χ2v) is 5.83. The molecule has 1 heterocycles. The first-order valence-electron chi connectivity index (χ1n) is 7.30. The van der Waals surface area contributed by atoms with Crippen molar-refractivity contribution in [2.45, 2.75) is 57.5 Å². The molecular weight excluding hydrogens is 244 g/mol. The summed E-state index contributed by atoms with van der Waals surface area (Å²) in [6.07, 6.45) is 5.19. The van der Waals surface area contributed by atoms with Gasteiger partial charge in [0.25, 0.3) is 0 Å². The van der Waals surface area contributed by atoms with Crippen molar-refractivity contribution < 1.29 is 14.7 Å². The van der Waals surface area contributed by atoms with E-state index in [9.17, 15) is 9.59 Å². The Hall–Kier alpha value is -1.26. The molecule has 2 aliphatic rings. The molecule has 0 aromatic heterocycles. The number of rotatable bonds is 4. The average molecular weight is 268 g/mol. The van der Waals surface area contributed by atoms with E-state index >= 15 is 0 Å². The predicted molar refractivity (Wildman–Crippen MR) is 71.9 cm³/mol. The Morgan fingerprint density at radius 1 is 1.32 bits per heavy atom. The highest BCUT2D eigenvalue weighted by Crippen LogP contribution is 2.31. The Morgan fingerprint density at radius 3 is 2.47 bits per heavy atom. The van der Waals surface area contributed by atoms with Crippen LogP contribution in [0.25, 0.3) is 0 Å². The topological polar surface area (TPSA) is 60.9 Å². The number of aliphatic carboxylic acids is 1. The fourth-order valence-corrected chi connectivity index (χ4v) is 3.34. The second-order valence-electron chi connectivity index (χ2n) is 5.83. The fourth-order valence-electron chi connectivity index (χ4n) is 3.34. The third-order valence-corrected chi connectivity index (χ3v) is 4.61. The number of carbonyl (C=O) groups excluding carboxylic acids is 1. The summed E-state index contributed by atoms with van der Waals surface area (Å²) in [7, 11) is 1.88. The van der Waals surface area contributed by atoms with E-state index in [1.807, 2.05) is 16.8 Å². The minimum absolute atomic E-state index is 0.122. The average Bonchev–Trinajstić information content (AvgIpc) is 2.68. The van der Waals surface area contributed by atoms with E-state index in [1.54, 1.807) is 0 Å². The summed E-state index contributed by atoms with van der Waals surface area (Å²) in [5, 5.41) is 9.01. The van der Waals surface area contributed by atoms with Gasteiger partial charge in [-0.2, -0.15) is 0 Å². The van der Waals surface area contributed by atoms with Crippen molar-refractivity contribution in [2.75, 3.05) is 13.6 Å². The summed E-state index contributed by atoms with van der Waals surface area (Å²) < 4.78 is 0. The summed E-state index contributed by atoms with van der Waals surface area (Å²) in [6, 6.07) is 0.694. The number of amides is 2. The van der Waals surface area contributed by atoms with Crippen molar-refractivity contribution in [3.05, 3.63) is 0 Å². The zero-order valence-electron chi connectivity index (χ0n) is 11.8. The molecule has 0 bridgehead atoms. The van der Waals surface area contributed by atoms with Gasteiger partial charge in [0.15, 0.2) is 0 Å². The fraction of sp³-hybridized carbons (Fsp3) is 0.857. The van der Waals surface area contributed by atoms with E-state index in [2.05, 4.69) is 6.92 Å². The molecule has 1 saturated heterocycles. The molecular formula is C14H24N2O3. The second kappa shape index (κ2) is 5.80. The van der Waals surface area contributed by atoms with Crippen LogP contribution in [0.2, 0.25) is 0 Å². The lowest BCUT2D eigenvalue weighted by molar-refractivity contribution is -0.143. The maximum Gasteiger partial charge on any atom is 0.320 e. The van der Waals surface area contributed by atoms with Crippen molar-refractivity contribution in [1.82, 2.24) is 9.80 Å². The molecule has 0 spiro atoms. The van der Waals surface area contributed by atoms with Crippen LogP contribution in [-0.4, -0.2) is 52.6 Å². The maximum absolute atomic E-state index is 12.2. The molecule has 2 amide bonds. The van der Waals surface area contributed by atoms with Crippen molar-refractivity contribution in [3.63, 3.8) is 0 Å². The molecule has 0 aromatic carbocycles. The molecule has 1 saturated carbocycles. The zero-order chi connectivity index (χ0) is 14.0. The zero-order valence-corrected chi connectivity index (χ0v) is 11.8. The highest BCUT2D eigenvalue weighted by molar-refractivity contribution is 5.77. The Balaban J connectivity index is 1.93. The van der Waals surface area contributed by atoms with Gasteiger partial charge in [-0.3, -0.25) is 4.79 Å². The Morgan fingerprint density at radius 2 is 1.95 bits per heavy atom. The maximum atomic E-state index is 12.2. The number of carboxylic acid groups (broad SMARTS) is 1. The van der Waals surface area contributed by atoms with Crippen LogP contribution in [-0.2, 0) is 4.79 Å². The van der Waals surface area contributed by atoms with Gasteiger partial charge in [-0.05, 0) is 32.1 Å². The monoisotopic (exact) mass is 268 g/mol. The van der Waals surface area contributed by atoms with E-state index in [-0.39, 0.29) is 18.0 Å². The van der Waals surface area contributed by atoms with Crippen LogP contribution in [0.1, 0.15) is 45.4 Å². The van der Waals surface area contributed by atoms with Crippen LogP contribution < -0.4 is 0 Å². The third kappa shape index (κ3) is 2.85. The first-order valence-corrected chi connectivity index (χ1v) is 7.30. The van der Waals surface area contributed by atoms with Crippen LogP contribution >= 0.6 is 0 Å². The summed E-state index contributed by atoms with van der Waals surface area (Å²) in [6.45, 7) is 2.95. The molecule has 2 rings (SSSR count). The smallest absolute Gasteiger partial charge is 0.320 e. The van der Waals surface area contributed by atoms with Crippen LogP contribution in [0.5, 0.6) is 0 Å². The number of likely N-dealkylation sites (N-methyl/N-ethyl adjacent to an activating group) is 1. The van der Waals surface area contributed by atoms with E-state index in [4.69, 9.17) is 5.11 Å². The van der Waals surface area contributed by atoms with E-state index in [0.717, 1.165) is 32.2 Å². The molecule has 5 nitrogen and oxygen atoms in total. The minimum atomic E-state index is -0.688. The number of hydrogen-bond acceptors (Lipinski definition) is 2. The van der Waals surface area contributed by atoms with Gasteiger partial charge in [0.05, 0.1) is 12.0 Å². The third-order valence-electron chi connectivity index (χ3n) is 4.61. The lowest BCUT2D eigenvalue weighted by Crippen LogP contribution is -2.41. The quantitative estimate of drug-likeness (QED) is 0.850. The summed E-state index contributed by atoms with van der Waals surface area (Å²) >= 11 is 0. The Kier molecular flexibility index (Phi) is 4.32. The van der Waals surface area contributed by atoms with Gasteiger partial charge in [0, 0.05) is 19.6 Å². The Labute approximate surface area is 114 Å². The number of urea groups is 1. The van der Waals surface area contributed by atoms with Crippen LogP contribution in [0, 0.1) is 5.92 Å². The van der Waals surface area contributed by atoms with Crippen molar-refractivity contribution >= 4 is 12.0 Å². The molecule has 1 N–H and O–H groups in total. The lowest BCUT2D eigenvalue weighted by Gasteiger charge is -2.32. The molecule has 2 fully saturated rings. The van der Waals surface area contributed by atoms with Crippen LogP contribution in [0.3, 0.4) is 0 Å².